The Labute approximate surface area is 158 Å². The first kappa shape index (κ1) is 20.7. The van der Waals surface area contributed by atoms with Crippen LogP contribution in [-0.2, 0) is 11.3 Å². The molecule has 4 heteroatoms. The Morgan fingerprint density at radius 1 is 1.19 bits per heavy atom. The van der Waals surface area contributed by atoms with E-state index in [2.05, 4.69) is 36.3 Å². The standard InChI is InChI=1S/C22H34N2O2/c1-5-16-26-19(6-2)12-13-23(7-3)14-15-24-17-21(18(4)25)20-10-8-9-11-22(20)24/h8-11,17,19H,5-7,12-16H2,1-4H3. The zero-order valence-electron chi connectivity index (χ0n) is 16.8. The average Bonchev–Trinajstić information content (AvgIpc) is 3.03. The number of para-hydroxylation sites is 1. The van der Waals surface area contributed by atoms with Crippen molar-refractivity contribution in [2.24, 2.45) is 0 Å². The summed E-state index contributed by atoms with van der Waals surface area (Å²) in [4.78, 5) is 14.4. The third-order valence-corrected chi connectivity index (χ3v) is 5.05. The van der Waals surface area contributed by atoms with Crippen molar-refractivity contribution in [1.82, 2.24) is 9.47 Å². The molecule has 0 bridgehead atoms. The Morgan fingerprint density at radius 2 is 1.96 bits per heavy atom. The molecular formula is C22H34N2O2. The number of benzene rings is 1. The van der Waals surface area contributed by atoms with E-state index < -0.39 is 0 Å². The molecule has 1 aromatic heterocycles. The summed E-state index contributed by atoms with van der Waals surface area (Å²) in [5, 5.41) is 1.06. The SMILES string of the molecule is CCCOC(CC)CCN(CC)CCn1cc(C(C)=O)c2ccccc21. The smallest absolute Gasteiger partial charge is 0.161 e. The summed E-state index contributed by atoms with van der Waals surface area (Å²) in [6, 6.07) is 8.18. The van der Waals surface area contributed by atoms with Crippen molar-refractivity contribution >= 4 is 16.7 Å². The van der Waals surface area contributed by atoms with Crippen molar-refractivity contribution in [2.75, 3.05) is 26.2 Å². The van der Waals surface area contributed by atoms with Crippen LogP contribution >= 0.6 is 0 Å². The Hall–Kier alpha value is -1.65. The van der Waals surface area contributed by atoms with Crippen molar-refractivity contribution in [3.05, 3.63) is 36.0 Å². The van der Waals surface area contributed by atoms with E-state index in [1.54, 1.807) is 6.92 Å². The van der Waals surface area contributed by atoms with Gasteiger partial charge in [-0.15, -0.1) is 0 Å². The average molecular weight is 359 g/mol. The van der Waals surface area contributed by atoms with Gasteiger partial charge in [0.15, 0.2) is 5.78 Å². The van der Waals surface area contributed by atoms with E-state index in [1.165, 1.54) is 0 Å². The molecule has 0 aliphatic rings. The van der Waals surface area contributed by atoms with Crippen LogP contribution in [0.4, 0.5) is 0 Å². The van der Waals surface area contributed by atoms with Gasteiger partial charge in [0.1, 0.15) is 0 Å². The summed E-state index contributed by atoms with van der Waals surface area (Å²) in [6.07, 6.45) is 5.60. The lowest BCUT2D eigenvalue weighted by Gasteiger charge is -2.24. The predicted molar refractivity (Wildman–Crippen MR) is 109 cm³/mol. The van der Waals surface area contributed by atoms with Crippen molar-refractivity contribution in [1.29, 1.82) is 0 Å². The fourth-order valence-electron chi connectivity index (χ4n) is 3.41. The first-order valence-corrected chi connectivity index (χ1v) is 10.0. The largest absolute Gasteiger partial charge is 0.378 e. The van der Waals surface area contributed by atoms with Crippen LogP contribution in [0.2, 0.25) is 0 Å². The third kappa shape index (κ3) is 5.42. The Bertz CT molecular complexity index is 693. The first-order chi connectivity index (χ1) is 12.6. The second kappa shape index (κ2) is 10.5. The number of ether oxygens (including phenoxy) is 1. The van der Waals surface area contributed by atoms with Crippen molar-refractivity contribution in [3.8, 4) is 0 Å². The monoisotopic (exact) mass is 358 g/mol. The van der Waals surface area contributed by atoms with Gasteiger partial charge in [0.25, 0.3) is 0 Å². The molecular weight excluding hydrogens is 324 g/mol. The molecule has 1 heterocycles. The van der Waals surface area contributed by atoms with Crippen LogP contribution in [0.15, 0.2) is 30.5 Å². The Balaban J connectivity index is 1.98. The van der Waals surface area contributed by atoms with E-state index in [9.17, 15) is 4.79 Å². The zero-order chi connectivity index (χ0) is 18.9. The van der Waals surface area contributed by atoms with Gasteiger partial charge in [-0.1, -0.05) is 39.0 Å². The lowest BCUT2D eigenvalue weighted by molar-refractivity contribution is 0.0379. The molecule has 2 aromatic rings. The van der Waals surface area contributed by atoms with E-state index in [4.69, 9.17) is 4.74 Å². The molecule has 0 aliphatic heterocycles. The second-order valence-corrected chi connectivity index (χ2v) is 6.93. The molecule has 1 atom stereocenters. The molecule has 0 amide bonds. The number of carbonyl (C=O) groups is 1. The van der Waals surface area contributed by atoms with Crippen LogP contribution in [0, 0.1) is 0 Å². The van der Waals surface area contributed by atoms with Gasteiger partial charge in [0, 0.05) is 48.9 Å². The summed E-state index contributed by atoms with van der Waals surface area (Å²) in [5.41, 5.74) is 1.97. The van der Waals surface area contributed by atoms with Crippen LogP contribution in [0.25, 0.3) is 10.9 Å². The number of nitrogens with zero attached hydrogens (tertiary/aromatic N) is 2. The number of aromatic nitrogens is 1. The summed E-state index contributed by atoms with van der Waals surface area (Å²) < 4.78 is 8.14. The van der Waals surface area contributed by atoms with Crippen LogP contribution in [0.1, 0.15) is 57.3 Å². The molecule has 0 fully saturated rings. The molecule has 0 saturated carbocycles. The molecule has 2 rings (SSSR count). The summed E-state index contributed by atoms with van der Waals surface area (Å²) in [7, 11) is 0. The minimum absolute atomic E-state index is 0.131. The van der Waals surface area contributed by atoms with E-state index in [-0.39, 0.29) is 5.78 Å². The van der Waals surface area contributed by atoms with Gasteiger partial charge >= 0.3 is 0 Å². The van der Waals surface area contributed by atoms with Gasteiger partial charge in [0.05, 0.1) is 6.10 Å². The number of rotatable bonds is 12. The van der Waals surface area contributed by atoms with Crippen LogP contribution in [0.3, 0.4) is 0 Å². The minimum atomic E-state index is 0.131. The van der Waals surface area contributed by atoms with Crippen LogP contribution in [0.5, 0.6) is 0 Å². The normalized spacial score (nSPS) is 12.8. The quantitative estimate of drug-likeness (QED) is 0.513. The molecule has 1 unspecified atom stereocenters. The zero-order valence-corrected chi connectivity index (χ0v) is 16.8. The van der Waals surface area contributed by atoms with E-state index >= 15 is 0 Å². The lowest BCUT2D eigenvalue weighted by atomic mass is 10.1. The number of hydrogen-bond acceptors (Lipinski definition) is 3. The number of ketones is 1. The van der Waals surface area contributed by atoms with Crippen molar-refractivity contribution in [3.63, 3.8) is 0 Å². The summed E-state index contributed by atoms with van der Waals surface area (Å²) >= 11 is 0. The van der Waals surface area contributed by atoms with Gasteiger partial charge in [0.2, 0.25) is 0 Å². The predicted octanol–water partition coefficient (Wildman–Crippen LogP) is 4.76. The maximum absolute atomic E-state index is 11.9. The van der Waals surface area contributed by atoms with E-state index in [0.717, 1.165) is 68.5 Å². The fraction of sp³-hybridized carbons (Fsp3) is 0.591. The number of carbonyl (C=O) groups excluding carboxylic acids is 1. The molecule has 0 saturated heterocycles. The lowest BCUT2D eigenvalue weighted by Crippen LogP contribution is -2.31. The molecule has 0 N–H and O–H groups in total. The molecule has 1 aromatic carbocycles. The number of fused-ring (bicyclic) bond motifs is 1. The molecule has 0 spiro atoms. The molecule has 144 valence electrons. The van der Waals surface area contributed by atoms with Gasteiger partial charge in [-0.05, 0) is 38.8 Å². The van der Waals surface area contributed by atoms with Gasteiger partial charge < -0.3 is 14.2 Å². The van der Waals surface area contributed by atoms with Gasteiger partial charge in [-0.25, -0.2) is 0 Å². The van der Waals surface area contributed by atoms with Crippen LogP contribution < -0.4 is 0 Å². The minimum Gasteiger partial charge on any atom is -0.378 e. The topological polar surface area (TPSA) is 34.5 Å². The highest BCUT2D eigenvalue weighted by Gasteiger charge is 2.13. The highest BCUT2D eigenvalue weighted by atomic mass is 16.5. The fourth-order valence-corrected chi connectivity index (χ4v) is 3.41. The van der Waals surface area contributed by atoms with Crippen molar-refractivity contribution < 1.29 is 9.53 Å². The summed E-state index contributed by atoms with van der Waals surface area (Å²) in [6.45, 7) is 13.0. The Morgan fingerprint density at radius 3 is 2.62 bits per heavy atom. The van der Waals surface area contributed by atoms with Gasteiger partial charge in [-0.3, -0.25) is 4.79 Å². The molecule has 26 heavy (non-hydrogen) atoms. The molecule has 0 aliphatic carbocycles. The van der Waals surface area contributed by atoms with E-state index in [0.29, 0.717) is 6.10 Å². The van der Waals surface area contributed by atoms with Gasteiger partial charge in [-0.2, -0.15) is 0 Å². The van der Waals surface area contributed by atoms with Crippen molar-refractivity contribution in [2.45, 2.75) is 59.6 Å². The summed E-state index contributed by atoms with van der Waals surface area (Å²) in [5.74, 6) is 0.131. The number of likely N-dealkylation sites (N-methyl/N-ethyl adjacent to an activating group) is 1. The third-order valence-electron chi connectivity index (χ3n) is 5.05. The second-order valence-electron chi connectivity index (χ2n) is 6.93. The maximum Gasteiger partial charge on any atom is 0.161 e. The van der Waals surface area contributed by atoms with E-state index in [1.807, 2.05) is 24.4 Å². The first-order valence-electron chi connectivity index (χ1n) is 10.0. The highest BCUT2D eigenvalue weighted by Crippen LogP contribution is 2.21. The molecule has 4 nitrogen and oxygen atoms in total. The molecule has 0 radical (unpaired) electrons. The highest BCUT2D eigenvalue weighted by molar-refractivity contribution is 6.06. The number of hydrogen-bond donors (Lipinski definition) is 0. The number of Topliss-reactive ketones (excluding diaryl/α,β-unsaturated/α-hetero) is 1. The Kier molecular flexibility index (Phi) is 8.33. The maximum atomic E-state index is 11.9. The van der Waals surface area contributed by atoms with Crippen LogP contribution in [-0.4, -0.2) is 47.6 Å².